The van der Waals surface area contributed by atoms with Crippen LogP contribution in [0.4, 0.5) is 14.5 Å². The van der Waals surface area contributed by atoms with Crippen LogP contribution in [0.25, 0.3) is 0 Å². The first-order valence-corrected chi connectivity index (χ1v) is 8.02. The molecule has 2 rings (SSSR count). The molecule has 1 heterocycles. The molecule has 0 bridgehead atoms. The maximum Gasteiger partial charge on any atom is 0.284 e. The van der Waals surface area contributed by atoms with Crippen LogP contribution in [0.15, 0.2) is 40.8 Å². The summed E-state index contributed by atoms with van der Waals surface area (Å²) in [5.74, 6) is -0.838. The monoisotopic (exact) mass is 311 g/mol. The molecular formula is C16H19F2NOS. The topological polar surface area (TPSA) is 25.2 Å². The largest absolute Gasteiger partial charge is 0.463 e. The highest BCUT2D eigenvalue weighted by atomic mass is 32.2. The molecule has 0 aliphatic rings. The molecule has 1 aromatic carbocycles. The Morgan fingerprint density at radius 3 is 2.48 bits per heavy atom. The fraction of sp³-hybridized carbons (Fsp3) is 0.375. The molecule has 0 fully saturated rings. The minimum absolute atomic E-state index is 0.198. The van der Waals surface area contributed by atoms with Crippen LogP contribution in [-0.2, 0) is 18.7 Å². The van der Waals surface area contributed by atoms with E-state index < -0.39 is 5.76 Å². The molecule has 0 aliphatic carbocycles. The van der Waals surface area contributed by atoms with Crippen LogP contribution in [0.1, 0.15) is 30.4 Å². The van der Waals surface area contributed by atoms with E-state index in [0.29, 0.717) is 24.1 Å². The fourth-order valence-electron chi connectivity index (χ4n) is 2.01. The van der Waals surface area contributed by atoms with Gasteiger partial charge >= 0.3 is 0 Å². The van der Waals surface area contributed by atoms with Crippen LogP contribution >= 0.6 is 11.8 Å². The molecule has 0 unspecified atom stereocenters. The van der Waals surface area contributed by atoms with Gasteiger partial charge in [0.2, 0.25) is 0 Å². The van der Waals surface area contributed by atoms with Gasteiger partial charge in [-0.3, -0.25) is 0 Å². The lowest BCUT2D eigenvalue weighted by molar-refractivity contribution is 0.251. The number of hydrogen-bond acceptors (Lipinski definition) is 3. The molecule has 2 aromatic rings. The van der Waals surface area contributed by atoms with E-state index in [4.69, 9.17) is 4.42 Å². The van der Waals surface area contributed by atoms with Crippen LogP contribution in [0, 0.1) is 0 Å². The average molecular weight is 311 g/mol. The van der Waals surface area contributed by atoms with E-state index in [0.717, 1.165) is 24.3 Å². The van der Waals surface area contributed by atoms with Gasteiger partial charge in [-0.15, -0.1) is 0 Å². The molecule has 0 radical (unpaired) electrons. The molecule has 5 heteroatoms. The molecule has 0 aliphatic heterocycles. The second kappa shape index (κ2) is 8.08. The summed E-state index contributed by atoms with van der Waals surface area (Å²) in [7, 11) is 0. The van der Waals surface area contributed by atoms with E-state index in [1.807, 2.05) is 18.2 Å². The molecule has 0 spiro atoms. The van der Waals surface area contributed by atoms with Crippen molar-refractivity contribution in [1.29, 1.82) is 0 Å². The quantitative estimate of drug-likeness (QED) is 0.716. The van der Waals surface area contributed by atoms with Crippen molar-refractivity contribution in [3.05, 3.63) is 53.5 Å². The van der Waals surface area contributed by atoms with Gasteiger partial charge in [0.1, 0.15) is 11.5 Å². The first kappa shape index (κ1) is 15.9. The summed E-state index contributed by atoms with van der Waals surface area (Å²) in [6.07, 6.45) is 2.22. The van der Waals surface area contributed by atoms with Gasteiger partial charge in [0.05, 0.1) is 12.3 Å². The molecule has 0 saturated heterocycles. The molecule has 114 valence electrons. The smallest absolute Gasteiger partial charge is 0.284 e. The zero-order valence-corrected chi connectivity index (χ0v) is 12.8. The zero-order chi connectivity index (χ0) is 15.1. The van der Waals surface area contributed by atoms with Crippen LogP contribution < -0.4 is 5.32 Å². The number of furan rings is 1. The van der Waals surface area contributed by atoms with Gasteiger partial charge in [0, 0.05) is 5.69 Å². The molecule has 0 saturated carbocycles. The lowest BCUT2D eigenvalue weighted by Gasteiger charge is -2.06. The Balaban J connectivity index is 1.82. The van der Waals surface area contributed by atoms with Gasteiger partial charge in [-0.2, -0.15) is 8.78 Å². The second-order valence-electron chi connectivity index (χ2n) is 4.74. The zero-order valence-electron chi connectivity index (χ0n) is 11.9. The van der Waals surface area contributed by atoms with Gasteiger partial charge in [0.25, 0.3) is 5.76 Å². The van der Waals surface area contributed by atoms with Crippen LogP contribution in [0.5, 0.6) is 0 Å². The molecule has 0 atom stereocenters. The average Bonchev–Trinajstić information content (AvgIpc) is 2.93. The second-order valence-corrected chi connectivity index (χ2v) is 5.72. The van der Waals surface area contributed by atoms with Gasteiger partial charge < -0.3 is 9.73 Å². The summed E-state index contributed by atoms with van der Waals surface area (Å²) in [6, 6.07) is 11.9. The molecule has 0 amide bonds. The van der Waals surface area contributed by atoms with Gasteiger partial charge in [-0.25, -0.2) is 0 Å². The number of halogens is 2. The van der Waals surface area contributed by atoms with E-state index in [1.54, 1.807) is 6.07 Å². The lowest BCUT2D eigenvalue weighted by Crippen LogP contribution is -1.98. The van der Waals surface area contributed by atoms with Gasteiger partial charge in [0.15, 0.2) is 0 Å². The van der Waals surface area contributed by atoms with Crippen molar-refractivity contribution in [1.82, 2.24) is 0 Å². The van der Waals surface area contributed by atoms with Crippen molar-refractivity contribution in [3.63, 3.8) is 0 Å². The predicted molar refractivity (Wildman–Crippen MR) is 83.8 cm³/mol. The normalized spacial score (nSPS) is 11.0. The summed E-state index contributed by atoms with van der Waals surface area (Å²) in [5, 5.41) is 3.26. The summed E-state index contributed by atoms with van der Waals surface area (Å²) >= 11 is 0.571. The highest BCUT2D eigenvalue weighted by Gasteiger charge is 2.07. The third kappa shape index (κ3) is 5.42. The number of thioether (sulfide) groups is 1. The SMILES string of the molecule is CCCc1ccc(NCc2ccc(CSC(F)F)o2)cc1. The number of anilines is 1. The van der Waals surface area contributed by atoms with E-state index in [2.05, 4.69) is 24.4 Å². The Bertz CT molecular complexity index is 539. The summed E-state index contributed by atoms with van der Waals surface area (Å²) in [6.45, 7) is 2.71. The minimum atomic E-state index is -2.36. The highest BCUT2D eigenvalue weighted by Crippen LogP contribution is 2.21. The molecule has 1 aromatic heterocycles. The van der Waals surface area contributed by atoms with Crippen molar-refractivity contribution < 1.29 is 13.2 Å². The molecule has 1 N–H and O–H groups in total. The van der Waals surface area contributed by atoms with Gasteiger partial charge in [-0.05, 0) is 36.2 Å². The first-order chi connectivity index (χ1) is 10.2. The van der Waals surface area contributed by atoms with Gasteiger partial charge in [-0.1, -0.05) is 37.2 Å². The summed E-state index contributed by atoms with van der Waals surface area (Å²) < 4.78 is 29.7. The summed E-state index contributed by atoms with van der Waals surface area (Å²) in [4.78, 5) is 0. The van der Waals surface area contributed by atoms with Crippen molar-refractivity contribution in [2.24, 2.45) is 0 Å². The molecule has 21 heavy (non-hydrogen) atoms. The molecule has 2 nitrogen and oxygen atoms in total. The Hall–Kier alpha value is -1.49. The van der Waals surface area contributed by atoms with E-state index in [-0.39, 0.29) is 5.75 Å². The Labute approximate surface area is 127 Å². The maximum absolute atomic E-state index is 12.1. The third-order valence-corrected chi connectivity index (χ3v) is 3.73. The van der Waals surface area contributed by atoms with Crippen LogP contribution in [0.3, 0.4) is 0 Å². The third-order valence-electron chi connectivity index (χ3n) is 3.03. The Morgan fingerprint density at radius 2 is 1.81 bits per heavy atom. The molecular weight excluding hydrogens is 292 g/mol. The number of rotatable bonds is 8. The number of alkyl halides is 2. The number of nitrogens with one attached hydrogen (secondary N) is 1. The van der Waals surface area contributed by atoms with E-state index >= 15 is 0 Å². The fourth-order valence-corrected chi connectivity index (χ4v) is 2.45. The lowest BCUT2D eigenvalue weighted by atomic mass is 10.1. The van der Waals surface area contributed by atoms with Crippen molar-refractivity contribution in [2.75, 3.05) is 5.32 Å². The van der Waals surface area contributed by atoms with Crippen molar-refractivity contribution in [3.8, 4) is 0 Å². The number of benzene rings is 1. The van der Waals surface area contributed by atoms with Crippen molar-refractivity contribution >= 4 is 17.4 Å². The number of aryl methyl sites for hydroxylation is 1. The van der Waals surface area contributed by atoms with E-state index in [1.165, 1.54) is 5.56 Å². The highest BCUT2D eigenvalue weighted by molar-refractivity contribution is 7.98. The van der Waals surface area contributed by atoms with E-state index in [9.17, 15) is 8.78 Å². The van der Waals surface area contributed by atoms with Crippen LogP contribution in [0.2, 0.25) is 0 Å². The Morgan fingerprint density at radius 1 is 1.10 bits per heavy atom. The minimum Gasteiger partial charge on any atom is -0.463 e. The predicted octanol–water partition coefficient (Wildman–Crippen LogP) is 5.30. The maximum atomic E-state index is 12.1. The Kier molecular flexibility index (Phi) is 6.11. The van der Waals surface area contributed by atoms with Crippen molar-refractivity contribution in [2.45, 2.75) is 37.8 Å². The first-order valence-electron chi connectivity index (χ1n) is 6.97. The summed E-state index contributed by atoms with van der Waals surface area (Å²) in [5.41, 5.74) is 2.35. The standard InChI is InChI=1S/C16H19F2NOS/c1-2-3-12-4-6-13(7-5-12)19-10-14-8-9-15(20-14)11-21-16(17)18/h4-9,16,19H,2-3,10-11H2,1H3. The van der Waals surface area contributed by atoms with Crippen LogP contribution in [-0.4, -0.2) is 5.76 Å². The number of hydrogen-bond donors (Lipinski definition) is 1.